The third-order valence-electron chi connectivity index (χ3n) is 12.7. The Labute approximate surface area is 348 Å². The maximum Gasteiger partial charge on any atom is 0.136 e. The molecule has 12 rings (SSSR count). The van der Waals surface area contributed by atoms with Gasteiger partial charge in [-0.25, -0.2) is 0 Å². The number of hydrogen-bond donors (Lipinski definition) is 0. The highest BCUT2D eigenvalue weighted by molar-refractivity contribution is 6.13. The summed E-state index contributed by atoms with van der Waals surface area (Å²) in [6, 6.07) is 72.0. The zero-order valence-corrected chi connectivity index (χ0v) is 33.3. The van der Waals surface area contributed by atoms with Gasteiger partial charge in [-0.1, -0.05) is 147 Å². The minimum absolute atomic E-state index is 0.0338. The lowest BCUT2D eigenvalue weighted by molar-refractivity contribution is 0.660. The van der Waals surface area contributed by atoms with Crippen LogP contribution in [0.15, 0.2) is 209 Å². The SMILES string of the molecule is CC1(C)c2ccccc2-c2cc(-c3cccc(N(c4ccc(-c5cccc6oc7ccccc7c56)cc4)c4ccc(-c5cccc6oc7ccccc7c56)cc4)c3)ccc21. The second-order valence-corrected chi connectivity index (χ2v) is 16.5. The van der Waals surface area contributed by atoms with Gasteiger partial charge in [-0.2, -0.15) is 0 Å². The Balaban J connectivity index is 0.979. The van der Waals surface area contributed by atoms with Gasteiger partial charge in [-0.05, 0) is 122 Å². The van der Waals surface area contributed by atoms with Crippen molar-refractivity contribution in [2.24, 2.45) is 0 Å². The topological polar surface area (TPSA) is 29.5 Å². The summed E-state index contributed by atoms with van der Waals surface area (Å²) < 4.78 is 12.5. The van der Waals surface area contributed by atoms with Gasteiger partial charge < -0.3 is 13.7 Å². The van der Waals surface area contributed by atoms with Gasteiger partial charge in [-0.3, -0.25) is 0 Å². The van der Waals surface area contributed by atoms with E-state index in [4.69, 9.17) is 8.83 Å². The first kappa shape index (κ1) is 34.4. The quantitative estimate of drug-likeness (QED) is 0.169. The molecule has 2 heterocycles. The normalized spacial score (nSPS) is 13.0. The van der Waals surface area contributed by atoms with E-state index in [2.05, 4.69) is 195 Å². The summed E-state index contributed by atoms with van der Waals surface area (Å²) in [7, 11) is 0. The van der Waals surface area contributed by atoms with E-state index in [-0.39, 0.29) is 5.41 Å². The first-order valence-electron chi connectivity index (χ1n) is 20.7. The number of benzene rings is 9. The Hall–Kier alpha value is -7.62. The van der Waals surface area contributed by atoms with Crippen LogP contribution >= 0.6 is 0 Å². The van der Waals surface area contributed by atoms with Crippen LogP contribution in [0.4, 0.5) is 17.1 Å². The smallest absolute Gasteiger partial charge is 0.136 e. The molecule has 0 bridgehead atoms. The summed E-state index contributed by atoms with van der Waals surface area (Å²) in [6.07, 6.45) is 0. The van der Waals surface area contributed by atoms with Crippen molar-refractivity contribution in [3.05, 3.63) is 211 Å². The van der Waals surface area contributed by atoms with E-state index in [1.807, 2.05) is 24.3 Å². The van der Waals surface area contributed by atoms with Crippen molar-refractivity contribution in [3.63, 3.8) is 0 Å². The van der Waals surface area contributed by atoms with Crippen LogP contribution < -0.4 is 4.90 Å². The number of hydrogen-bond acceptors (Lipinski definition) is 3. The number of fused-ring (bicyclic) bond motifs is 9. The molecular weight excluding hydrogens is 731 g/mol. The molecule has 3 heteroatoms. The highest BCUT2D eigenvalue weighted by Crippen LogP contribution is 2.50. The molecule has 0 aliphatic heterocycles. The predicted molar refractivity (Wildman–Crippen MR) is 250 cm³/mol. The average Bonchev–Trinajstić information content (AvgIpc) is 3.95. The summed E-state index contributed by atoms with van der Waals surface area (Å²) >= 11 is 0. The molecule has 0 fully saturated rings. The minimum Gasteiger partial charge on any atom is -0.456 e. The Morgan fingerprint density at radius 2 is 0.800 bits per heavy atom. The van der Waals surface area contributed by atoms with Crippen LogP contribution in [-0.2, 0) is 5.41 Å². The first-order valence-corrected chi connectivity index (χ1v) is 20.7. The van der Waals surface area contributed by atoms with E-state index in [0.717, 1.165) is 83.2 Å². The summed E-state index contributed by atoms with van der Waals surface area (Å²) in [5.41, 5.74) is 19.2. The van der Waals surface area contributed by atoms with Gasteiger partial charge >= 0.3 is 0 Å². The third-order valence-corrected chi connectivity index (χ3v) is 12.7. The number of furan rings is 2. The molecular formula is C57H39NO2. The Morgan fingerprint density at radius 1 is 0.333 bits per heavy atom. The van der Waals surface area contributed by atoms with E-state index in [9.17, 15) is 0 Å². The summed E-state index contributed by atoms with van der Waals surface area (Å²) in [4.78, 5) is 2.37. The lowest BCUT2D eigenvalue weighted by atomic mass is 9.82. The van der Waals surface area contributed by atoms with Crippen molar-refractivity contribution < 1.29 is 8.83 Å². The highest BCUT2D eigenvalue weighted by Gasteiger charge is 2.35. The van der Waals surface area contributed by atoms with Gasteiger partial charge in [0.05, 0.1) is 0 Å². The van der Waals surface area contributed by atoms with Gasteiger partial charge in [0.1, 0.15) is 22.3 Å². The minimum atomic E-state index is -0.0338. The molecule has 11 aromatic rings. The molecule has 1 aliphatic rings. The van der Waals surface area contributed by atoms with Crippen molar-refractivity contribution in [2.45, 2.75) is 19.3 Å². The monoisotopic (exact) mass is 769 g/mol. The van der Waals surface area contributed by atoms with Crippen molar-refractivity contribution in [3.8, 4) is 44.5 Å². The van der Waals surface area contributed by atoms with Crippen LogP contribution in [0.1, 0.15) is 25.0 Å². The molecule has 0 N–H and O–H groups in total. The summed E-state index contributed by atoms with van der Waals surface area (Å²) in [5.74, 6) is 0. The van der Waals surface area contributed by atoms with E-state index < -0.39 is 0 Å². The second kappa shape index (κ2) is 13.2. The van der Waals surface area contributed by atoms with E-state index in [0.29, 0.717) is 0 Å². The number of nitrogens with zero attached hydrogens (tertiary/aromatic N) is 1. The zero-order valence-electron chi connectivity index (χ0n) is 33.3. The first-order chi connectivity index (χ1) is 29.5. The fourth-order valence-electron chi connectivity index (χ4n) is 9.78. The molecule has 0 atom stereocenters. The maximum absolute atomic E-state index is 6.26. The van der Waals surface area contributed by atoms with Crippen molar-refractivity contribution in [1.82, 2.24) is 0 Å². The van der Waals surface area contributed by atoms with E-state index in [1.165, 1.54) is 33.4 Å². The lowest BCUT2D eigenvalue weighted by Gasteiger charge is -2.26. The number of anilines is 3. The van der Waals surface area contributed by atoms with E-state index in [1.54, 1.807) is 0 Å². The summed E-state index contributed by atoms with van der Waals surface area (Å²) in [5, 5.41) is 4.54. The number of para-hydroxylation sites is 2. The van der Waals surface area contributed by atoms with Crippen LogP contribution in [0.3, 0.4) is 0 Å². The molecule has 0 saturated heterocycles. The summed E-state index contributed by atoms with van der Waals surface area (Å²) in [6.45, 7) is 4.67. The molecule has 3 nitrogen and oxygen atoms in total. The lowest BCUT2D eigenvalue weighted by Crippen LogP contribution is -2.14. The predicted octanol–water partition coefficient (Wildman–Crippen LogP) is 16.3. The molecule has 0 amide bonds. The number of rotatable bonds is 6. The molecule has 0 radical (unpaired) electrons. The standard InChI is InChI=1S/C57H39NO2/c1-57(2)49-19-6-3-14-45(49)48-35-39(28-33-50(48)57)38-12-9-13-42(34-38)58(40-29-24-36(25-30-40)43-17-10-22-53-55(43)46-15-4-7-20-51(46)59-53)41-31-26-37(27-32-41)44-18-11-23-54-56(44)47-16-5-8-21-52(47)60-54/h3-35H,1-2H3. The van der Waals surface area contributed by atoms with Crippen LogP contribution in [0.25, 0.3) is 88.4 Å². The van der Waals surface area contributed by atoms with E-state index >= 15 is 0 Å². The molecule has 60 heavy (non-hydrogen) atoms. The Morgan fingerprint density at radius 3 is 1.42 bits per heavy atom. The molecule has 0 saturated carbocycles. The molecule has 9 aromatic carbocycles. The van der Waals surface area contributed by atoms with Gasteiger partial charge in [0.15, 0.2) is 0 Å². The van der Waals surface area contributed by atoms with Gasteiger partial charge in [0.2, 0.25) is 0 Å². The maximum atomic E-state index is 6.26. The zero-order chi connectivity index (χ0) is 40.0. The van der Waals surface area contributed by atoms with Gasteiger partial charge in [-0.15, -0.1) is 0 Å². The van der Waals surface area contributed by atoms with Crippen molar-refractivity contribution in [2.75, 3.05) is 4.90 Å². The molecule has 0 unspecified atom stereocenters. The Bertz CT molecular complexity index is 3300. The van der Waals surface area contributed by atoms with Crippen molar-refractivity contribution in [1.29, 1.82) is 0 Å². The Kier molecular flexibility index (Phi) is 7.58. The fourth-order valence-corrected chi connectivity index (χ4v) is 9.78. The van der Waals surface area contributed by atoms with Crippen molar-refractivity contribution >= 4 is 60.9 Å². The third kappa shape index (κ3) is 5.29. The molecule has 0 spiro atoms. The second-order valence-electron chi connectivity index (χ2n) is 16.5. The molecule has 2 aromatic heterocycles. The van der Waals surface area contributed by atoms with Crippen LogP contribution in [0, 0.1) is 0 Å². The van der Waals surface area contributed by atoms with Crippen LogP contribution in [0.5, 0.6) is 0 Å². The largest absolute Gasteiger partial charge is 0.456 e. The van der Waals surface area contributed by atoms with Gasteiger partial charge in [0, 0.05) is 44.0 Å². The van der Waals surface area contributed by atoms with Crippen LogP contribution in [0.2, 0.25) is 0 Å². The highest BCUT2D eigenvalue weighted by atomic mass is 16.3. The fraction of sp³-hybridized carbons (Fsp3) is 0.0526. The van der Waals surface area contributed by atoms with Gasteiger partial charge in [0.25, 0.3) is 0 Å². The average molecular weight is 770 g/mol. The molecule has 1 aliphatic carbocycles. The molecule has 284 valence electrons. The van der Waals surface area contributed by atoms with Crippen LogP contribution in [-0.4, -0.2) is 0 Å².